The predicted octanol–water partition coefficient (Wildman–Crippen LogP) is 4.49. The average Bonchev–Trinajstić information content (AvgIpc) is 3.55. The van der Waals surface area contributed by atoms with Crippen molar-refractivity contribution in [2.24, 2.45) is 7.05 Å². The highest BCUT2D eigenvalue weighted by atomic mass is 16.5. The van der Waals surface area contributed by atoms with Crippen molar-refractivity contribution in [3.8, 4) is 17.3 Å². The largest absolute Gasteiger partial charge is 0.489 e. The van der Waals surface area contributed by atoms with Crippen LogP contribution >= 0.6 is 0 Å². The van der Waals surface area contributed by atoms with Gasteiger partial charge in [0.2, 0.25) is 11.7 Å². The molecule has 6 rings (SSSR count). The first-order chi connectivity index (χ1) is 18.5. The van der Waals surface area contributed by atoms with Crippen molar-refractivity contribution in [3.05, 3.63) is 105 Å². The third kappa shape index (κ3) is 3.71. The number of nitrogens with zero attached hydrogens (tertiary/aromatic N) is 4. The van der Waals surface area contributed by atoms with Gasteiger partial charge in [-0.2, -0.15) is 0 Å². The molecule has 0 amide bonds. The van der Waals surface area contributed by atoms with Crippen LogP contribution in [0.2, 0.25) is 0 Å². The van der Waals surface area contributed by atoms with Gasteiger partial charge in [0.15, 0.2) is 11.3 Å². The van der Waals surface area contributed by atoms with Gasteiger partial charge in [-0.15, -0.1) is 0 Å². The van der Waals surface area contributed by atoms with Gasteiger partial charge in [-0.3, -0.25) is 9.36 Å². The molecule has 0 saturated heterocycles. The van der Waals surface area contributed by atoms with E-state index in [2.05, 4.69) is 4.98 Å². The Labute approximate surface area is 217 Å². The molecule has 1 unspecified atom stereocenters. The molecule has 9 nitrogen and oxygen atoms in total. The number of carbonyl (C=O) groups excluding carboxylic acids is 1. The Morgan fingerprint density at radius 1 is 1.00 bits per heavy atom. The first kappa shape index (κ1) is 23.5. The van der Waals surface area contributed by atoms with Crippen molar-refractivity contribution in [2.75, 3.05) is 19.1 Å². The van der Waals surface area contributed by atoms with Gasteiger partial charge < -0.3 is 18.8 Å². The Morgan fingerprint density at radius 2 is 1.76 bits per heavy atom. The molecule has 190 valence electrons. The fourth-order valence-corrected chi connectivity index (χ4v) is 4.99. The van der Waals surface area contributed by atoms with Crippen LogP contribution in [0.5, 0.6) is 5.75 Å². The molecule has 0 fully saturated rings. The smallest absolute Gasteiger partial charge is 0.337 e. The third-order valence-electron chi connectivity index (χ3n) is 6.81. The van der Waals surface area contributed by atoms with Crippen LogP contribution < -0.4 is 15.2 Å². The monoisotopic (exact) mass is 508 g/mol. The van der Waals surface area contributed by atoms with Crippen molar-refractivity contribution >= 4 is 23.0 Å². The second kappa shape index (κ2) is 9.19. The second-order valence-electron chi connectivity index (χ2n) is 8.99. The summed E-state index contributed by atoms with van der Waals surface area (Å²) >= 11 is 0. The summed E-state index contributed by atoms with van der Waals surface area (Å²) in [5.41, 5.74) is 4.49. The molecule has 5 aromatic rings. The zero-order chi connectivity index (χ0) is 26.4. The lowest BCUT2D eigenvalue weighted by molar-refractivity contribution is 0.0600. The molecule has 0 radical (unpaired) electrons. The lowest BCUT2D eigenvalue weighted by atomic mass is 9.96. The maximum absolute atomic E-state index is 13.5. The van der Waals surface area contributed by atoms with Crippen molar-refractivity contribution in [2.45, 2.75) is 12.6 Å². The van der Waals surface area contributed by atoms with Crippen LogP contribution in [0.15, 0.2) is 82.0 Å². The summed E-state index contributed by atoms with van der Waals surface area (Å²) in [6.45, 7) is 0.468. The topological polar surface area (TPSA) is 99.7 Å². The number of hydrogen-bond acceptors (Lipinski definition) is 8. The van der Waals surface area contributed by atoms with Gasteiger partial charge in [0.25, 0.3) is 11.4 Å². The van der Waals surface area contributed by atoms with Crippen LogP contribution in [0.3, 0.4) is 0 Å². The number of esters is 1. The highest BCUT2D eigenvalue weighted by molar-refractivity contribution is 5.90. The van der Waals surface area contributed by atoms with E-state index in [9.17, 15) is 9.59 Å². The second-order valence-corrected chi connectivity index (χ2v) is 8.99. The average molecular weight is 509 g/mol. The van der Waals surface area contributed by atoms with Gasteiger partial charge in [0, 0.05) is 13.6 Å². The van der Waals surface area contributed by atoms with Gasteiger partial charge in [-0.1, -0.05) is 48.5 Å². The molecule has 3 heterocycles. The highest BCUT2D eigenvalue weighted by Crippen LogP contribution is 2.42. The number of benzene rings is 3. The predicted molar refractivity (Wildman–Crippen MR) is 141 cm³/mol. The molecule has 0 saturated carbocycles. The fraction of sp³-hybridized carbons (Fsp3) is 0.172. The summed E-state index contributed by atoms with van der Waals surface area (Å²) in [6, 6.07) is 22.5. The first-order valence-corrected chi connectivity index (χ1v) is 12.0. The number of oxazole rings is 1. The van der Waals surface area contributed by atoms with Gasteiger partial charge in [-0.05, 0) is 41.0 Å². The van der Waals surface area contributed by atoms with E-state index in [0.717, 1.165) is 16.7 Å². The van der Waals surface area contributed by atoms with Crippen molar-refractivity contribution in [1.82, 2.24) is 14.5 Å². The van der Waals surface area contributed by atoms with E-state index in [1.807, 2.05) is 71.6 Å². The van der Waals surface area contributed by atoms with Crippen LogP contribution in [-0.2, 0) is 18.3 Å². The molecule has 1 atom stereocenters. The molecular weight excluding hydrogens is 484 g/mol. The van der Waals surface area contributed by atoms with E-state index in [1.54, 1.807) is 13.1 Å². The summed E-state index contributed by atoms with van der Waals surface area (Å²) in [6.07, 6.45) is 0. The van der Waals surface area contributed by atoms with Crippen LogP contribution in [0, 0.1) is 0 Å². The number of hydrogen-bond donors (Lipinski definition) is 0. The summed E-state index contributed by atoms with van der Waals surface area (Å²) < 4.78 is 17.9. The molecule has 1 aliphatic rings. The molecular formula is C29H24N4O5. The van der Waals surface area contributed by atoms with Crippen LogP contribution in [0.4, 0.5) is 5.95 Å². The van der Waals surface area contributed by atoms with Crippen LogP contribution in [-0.4, -0.2) is 34.7 Å². The molecule has 9 heteroatoms. The Hall–Kier alpha value is -4.92. The summed E-state index contributed by atoms with van der Waals surface area (Å²) in [5.74, 6) is 0.246. The number of aromatic nitrogens is 3. The Kier molecular flexibility index (Phi) is 5.68. The van der Waals surface area contributed by atoms with E-state index in [1.165, 1.54) is 18.8 Å². The van der Waals surface area contributed by atoms with Crippen molar-refractivity contribution in [1.29, 1.82) is 0 Å². The van der Waals surface area contributed by atoms with Gasteiger partial charge >= 0.3 is 5.97 Å². The maximum atomic E-state index is 13.5. The number of methoxy groups -OCH3 is 2. The number of rotatable bonds is 5. The lowest BCUT2D eigenvalue weighted by Crippen LogP contribution is -2.32. The van der Waals surface area contributed by atoms with E-state index in [4.69, 9.17) is 18.9 Å². The van der Waals surface area contributed by atoms with Gasteiger partial charge in [0.1, 0.15) is 5.52 Å². The number of para-hydroxylation sites is 2. The normalized spacial score (nSPS) is 14.5. The third-order valence-corrected chi connectivity index (χ3v) is 6.81. The van der Waals surface area contributed by atoms with E-state index >= 15 is 0 Å². The molecule has 0 spiro atoms. The zero-order valence-electron chi connectivity index (χ0n) is 21.0. The number of ether oxygens (including phenoxy) is 2. The van der Waals surface area contributed by atoms with E-state index in [-0.39, 0.29) is 28.9 Å². The zero-order valence-corrected chi connectivity index (χ0v) is 21.0. The van der Waals surface area contributed by atoms with E-state index in [0.29, 0.717) is 29.2 Å². The summed E-state index contributed by atoms with van der Waals surface area (Å²) in [7, 11) is 4.45. The highest BCUT2D eigenvalue weighted by Gasteiger charge is 2.36. The molecule has 2 aromatic heterocycles. The molecule has 0 aliphatic carbocycles. The molecule has 0 N–H and O–H groups in total. The van der Waals surface area contributed by atoms with Crippen molar-refractivity contribution in [3.63, 3.8) is 0 Å². The first-order valence-electron chi connectivity index (χ1n) is 12.0. The molecule has 3 aromatic carbocycles. The van der Waals surface area contributed by atoms with Gasteiger partial charge in [0.05, 0.1) is 25.8 Å². The Morgan fingerprint density at radius 3 is 2.50 bits per heavy atom. The Balaban J connectivity index is 1.55. The number of carbonyl (C=O) groups is 1. The minimum absolute atomic E-state index is 0.0451. The minimum Gasteiger partial charge on any atom is -0.489 e. The number of fused-ring (bicyclic) bond motifs is 2. The molecule has 0 bridgehead atoms. The van der Waals surface area contributed by atoms with E-state index < -0.39 is 5.97 Å². The number of anilines is 1. The van der Waals surface area contributed by atoms with Gasteiger partial charge in [-0.25, -0.2) is 14.8 Å². The fourth-order valence-electron chi connectivity index (χ4n) is 4.99. The maximum Gasteiger partial charge on any atom is 0.337 e. The summed E-state index contributed by atoms with van der Waals surface area (Å²) in [4.78, 5) is 37.3. The minimum atomic E-state index is -0.411. The quantitative estimate of drug-likeness (QED) is 0.320. The Bertz CT molecular complexity index is 1710. The standard InChI is InChI=1S/C29H24N4O5/c1-32-27(34)25(36-2)23(26-30-21-11-7-8-12-22(21)38-26)31-29(32)33-16-19-14-13-18(28(35)37-3)15-20(19)24(33)17-9-5-4-6-10-17/h4-15,24H,16H2,1-3H3. The SMILES string of the molecule is COC(=O)c1ccc2c(c1)C(c1ccccc1)N(c1nc(-c3nc4ccccc4o3)c(OC)c(=O)n1C)C2. The van der Waals surface area contributed by atoms with Crippen LogP contribution in [0.25, 0.3) is 22.7 Å². The molecule has 38 heavy (non-hydrogen) atoms. The lowest BCUT2D eigenvalue weighted by Gasteiger charge is -2.28. The summed E-state index contributed by atoms with van der Waals surface area (Å²) in [5, 5.41) is 0. The van der Waals surface area contributed by atoms with Crippen LogP contribution in [0.1, 0.15) is 33.1 Å². The molecule has 1 aliphatic heterocycles. The van der Waals surface area contributed by atoms with Crippen molar-refractivity contribution < 1.29 is 18.7 Å².